The average molecular weight is 464 g/mol. The number of carboxylic acids is 1. The summed E-state index contributed by atoms with van der Waals surface area (Å²) in [6.07, 6.45) is 3.06. The molecular weight excluding hydrogens is 450 g/mol. The molecule has 4 aromatic rings. The van der Waals surface area contributed by atoms with E-state index in [1.54, 1.807) is 48.7 Å². The van der Waals surface area contributed by atoms with Crippen LogP contribution in [0.3, 0.4) is 0 Å². The molecule has 0 radical (unpaired) electrons. The van der Waals surface area contributed by atoms with E-state index in [9.17, 15) is 9.59 Å². The molecule has 2 aromatic carbocycles. The zero-order valence-electron chi connectivity index (χ0n) is 15.4. The third-order valence-corrected chi connectivity index (χ3v) is 4.77. The highest BCUT2D eigenvalue weighted by molar-refractivity contribution is 9.10. The SMILES string of the molecule is O=C(O)c1ccnc(-c2cn(-c3cccc(NC(=O)c4ccc(Br)cc4)c3)nn2)c1. The number of rotatable bonds is 5. The van der Waals surface area contributed by atoms with Gasteiger partial charge in [0.05, 0.1) is 23.1 Å². The Kier molecular flexibility index (Phi) is 5.36. The third kappa shape index (κ3) is 4.26. The van der Waals surface area contributed by atoms with Crippen molar-refractivity contribution >= 4 is 33.5 Å². The van der Waals surface area contributed by atoms with Crippen LogP contribution in [0.15, 0.2) is 77.5 Å². The van der Waals surface area contributed by atoms with E-state index in [2.05, 4.69) is 36.5 Å². The molecule has 4 rings (SSSR count). The van der Waals surface area contributed by atoms with Gasteiger partial charge in [0.1, 0.15) is 5.69 Å². The molecule has 8 nitrogen and oxygen atoms in total. The highest BCUT2D eigenvalue weighted by Gasteiger charge is 2.11. The first-order valence-electron chi connectivity index (χ1n) is 8.79. The highest BCUT2D eigenvalue weighted by atomic mass is 79.9. The number of hydrogen-bond acceptors (Lipinski definition) is 5. The maximum atomic E-state index is 12.4. The van der Waals surface area contributed by atoms with E-state index in [1.807, 2.05) is 6.07 Å². The molecule has 0 fully saturated rings. The lowest BCUT2D eigenvalue weighted by Crippen LogP contribution is -2.12. The number of hydrogen-bond donors (Lipinski definition) is 2. The lowest BCUT2D eigenvalue weighted by atomic mass is 10.2. The Balaban J connectivity index is 1.56. The van der Waals surface area contributed by atoms with Crippen molar-refractivity contribution in [1.82, 2.24) is 20.0 Å². The number of nitrogens with one attached hydrogen (secondary N) is 1. The first kappa shape index (κ1) is 19.5. The van der Waals surface area contributed by atoms with E-state index in [-0.39, 0.29) is 11.5 Å². The van der Waals surface area contributed by atoms with Crippen molar-refractivity contribution in [2.24, 2.45) is 0 Å². The van der Waals surface area contributed by atoms with E-state index in [0.29, 0.717) is 28.3 Å². The van der Waals surface area contributed by atoms with Crippen molar-refractivity contribution in [3.63, 3.8) is 0 Å². The molecule has 0 saturated heterocycles. The summed E-state index contributed by atoms with van der Waals surface area (Å²) >= 11 is 3.35. The van der Waals surface area contributed by atoms with Crippen LogP contribution in [0.4, 0.5) is 5.69 Å². The fourth-order valence-corrected chi connectivity index (χ4v) is 3.01. The van der Waals surface area contributed by atoms with Crippen LogP contribution >= 0.6 is 15.9 Å². The number of benzene rings is 2. The zero-order valence-corrected chi connectivity index (χ0v) is 16.9. The Morgan fingerprint density at radius 3 is 2.53 bits per heavy atom. The van der Waals surface area contributed by atoms with Gasteiger partial charge in [0.15, 0.2) is 0 Å². The van der Waals surface area contributed by atoms with Crippen LogP contribution < -0.4 is 5.32 Å². The number of aromatic carboxylic acids is 1. The van der Waals surface area contributed by atoms with Gasteiger partial charge in [-0.05, 0) is 54.6 Å². The maximum Gasteiger partial charge on any atom is 0.335 e. The number of carboxylic acid groups (broad SMARTS) is 1. The quantitative estimate of drug-likeness (QED) is 0.461. The van der Waals surface area contributed by atoms with Gasteiger partial charge in [-0.1, -0.05) is 27.2 Å². The van der Waals surface area contributed by atoms with Gasteiger partial charge in [0, 0.05) is 21.9 Å². The van der Waals surface area contributed by atoms with Crippen LogP contribution in [0.5, 0.6) is 0 Å². The van der Waals surface area contributed by atoms with Gasteiger partial charge < -0.3 is 10.4 Å². The summed E-state index contributed by atoms with van der Waals surface area (Å²) < 4.78 is 2.42. The van der Waals surface area contributed by atoms with Crippen molar-refractivity contribution in [2.75, 3.05) is 5.32 Å². The van der Waals surface area contributed by atoms with E-state index < -0.39 is 5.97 Å². The minimum absolute atomic E-state index is 0.118. The molecule has 2 aromatic heterocycles. The van der Waals surface area contributed by atoms with Crippen molar-refractivity contribution < 1.29 is 14.7 Å². The minimum Gasteiger partial charge on any atom is -0.478 e. The summed E-state index contributed by atoms with van der Waals surface area (Å²) in [5.74, 6) is -1.27. The number of pyridine rings is 1. The van der Waals surface area contributed by atoms with Gasteiger partial charge in [0.25, 0.3) is 5.91 Å². The van der Waals surface area contributed by atoms with E-state index in [1.165, 1.54) is 23.0 Å². The molecule has 0 unspecified atom stereocenters. The van der Waals surface area contributed by atoms with Gasteiger partial charge in [-0.25, -0.2) is 9.48 Å². The number of anilines is 1. The molecular formula is C21H14BrN5O3. The molecule has 2 N–H and O–H groups in total. The Bertz CT molecular complexity index is 1240. The molecule has 1 amide bonds. The second-order valence-electron chi connectivity index (χ2n) is 6.29. The maximum absolute atomic E-state index is 12.4. The summed E-state index contributed by atoms with van der Waals surface area (Å²) in [4.78, 5) is 27.7. The van der Waals surface area contributed by atoms with Crippen molar-refractivity contribution in [3.8, 4) is 17.1 Å². The molecule has 30 heavy (non-hydrogen) atoms. The van der Waals surface area contributed by atoms with Gasteiger partial charge in [0.2, 0.25) is 0 Å². The number of amides is 1. The molecule has 0 spiro atoms. The Morgan fingerprint density at radius 1 is 0.967 bits per heavy atom. The Morgan fingerprint density at radius 2 is 1.77 bits per heavy atom. The normalized spacial score (nSPS) is 10.6. The van der Waals surface area contributed by atoms with E-state index >= 15 is 0 Å². The standard InChI is InChI=1S/C21H14BrN5O3/c22-15-6-4-13(5-7-15)20(28)24-16-2-1-3-17(11-16)27-12-19(25-26-27)18-10-14(21(29)30)8-9-23-18/h1-12H,(H,24,28)(H,29,30). The molecule has 0 bridgehead atoms. The van der Waals surface area contributed by atoms with E-state index in [0.717, 1.165) is 4.47 Å². The predicted molar refractivity (Wildman–Crippen MR) is 114 cm³/mol. The fourth-order valence-electron chi connectivity index (χ4n) is 2.74. The predicted octanol–water partition coefficient (Wildman–Crippen LogP) is 4.04. The molecule has 0 atom stereocenters. The van der Waals surface area contributed by atoms with Crippen LogP contribution in [0.2, 0.25) is 0 Å². The molecule has 9 heteroatoms. The summed E-state index contributed by atoms with van der Waals surface area (Å²) in [6.45, 7) is 0. The lowest BCUT2D eigenvalue weighted by Gasteiger charge is -2.07. The second-order valence-corrected chi connectivity index (χ2v) is 7.21. The van der Waals surface area contributed by atoms with Crippen LogP contribution in [-0.4, -0.2) is 37.0 Å². The number of nitrogens with zero attached hydrogens (tertiary/aromatic N) is 4. The topological polar surface area (TPSA) is 110 Å². The largest absolute Gasteiger partial charge is 0.478 e. The smallest absolute Gasteiger partial charge is 0.335 e. The summed E-state index contributed by atoms with van der Waals surface area (Å²) in [7, 11) is 0. The average Bonchev–Trinajstić information content (AvgIpc) is 3.25. The molecule has 0 aliphatic heterocycles. The van der Waals surface area contributed by atoms with Crippen LogP contribution in [0.1, 0.15) is 20.7 Å². The minimum atomic E-state index is -1.04. The molecule has 2 heterocycles. The summed E-state index contributed by atoms with van der Waals surface area (Å²) in [5.41, 5.74) is 2.77. The van der Waals surface area contributed by atoms with Crippen LogP contribution in [-0.2, 0) is 0 Å². The monoisotopic (exact) mass is 463 g/mol. The zero-order chi connectivity index (χ0) is 21.1. The van der Waals surface area contributed by atoms with Gasteiger partial charge >= 0.3 is 5.97 Å². The Hall–Kier alpha value is -3.85. The van der Waals surface area contributed by atoms with Gasteiger partial charge in [-0.15, -0.1) is 5.10 Å². The van der Waals surface area contributed by atoms with Crippen molar-refractivity contribution in [2.45, 2.75) is 0 Å². The van der Waals surface area contributed by atoms with Crippen molar-refractivity contribution in [1.29, 1.82) is 0 Å². The number of aromatic nitrogens is 4. The molecule has 148 valence electrons. The summed E-state index contributed by atoms with van der Waals surface area (Å²) in [5, 5.41) is 20.1. The fraction of sp³-hybridized carbons (Fsp3) is 0. The van der Waals surface area contributed by atoms with Gasteiger partial charge in [-0.2, -0.15) is 0 Å². The molecule has 0 aliphatic carbocycles. The molecule has 0 saturated carbocycles. The second kappa shape index (κ2) is 8.26. The number of halogens is 1. The van der Waals surface area contributed by atoms with Gasteiger partial charge in [-0.3, -0.25) is 9.78 Å². The first-order chi connectivity index (χ1) is 14.5. The van der Waals surface area contributed by atoms with E-state index in [4.69, 9.17) is 5.11 Å². The third-order valence-electron chi connectivity index (χ3n) is 4.24. The first-order valence-corrected chi connectivity index (χ1v) is 9.58. The lowest BCUT2D eigenvalue weighted by molar-refractivity contribution is 0.0696. The van der Waals surface area contributed by atoms with Crippen LogP contribution in [0.25, 0.3) is 17.1 Å². The number of carbonyl (C=O) groups excluding carboxylic acids is 1. The summed E-state index contributed by atoms with van der Waals surface area (Å²) in [6, 6.07) is 17.0. The Labute approximate surface area is 179 Å². The highest BCUT2D eigenvalue weighted by Crippen LogP contribution is 2.19. The van der Waals surface area contributed by atoms with Crippen LogP contribution in [0, 0.1) is 0 Å². The number of carbonyl (C=O) groups is 2. The van der Waals surface area contributed by atoms with Crippen molar-refractivity contribution in [3.05, 3.63) is 88.7 Å². The molecule has 0 aliphatic rings.